The Morgan fingerprint density at radius 2 is 1.81 bits per heavy atom. The Balaban J connectivity index is 0.000000221. The van der Waals surface area contributed by atoms with Crippen LogP contribution >= 0.6 is 0 Å². The zero-order valence-electron chi connectivity index (χ0n) is 22.0. The molecule has 3 N–H and O–H groups in total. The quantitative estimate of drug-likeness (QED) is 0.343. The smallest absolute Gasteiger partial charge is 0.267 e. The van der Waals surface area contributed by atoms with E-state index in [4.69, 9.17) is 9.47 Å². The normalized spacial score (nSPS) is 17.1. The van der Waals surface area contributed by atoms with Gasteiger partial charge in [-0.15, -0.1) is 0 Å². The molecule has 0 aliphatic carbocycles. The number of carbonyl (C=O) groups excluding carboxylic acids is 2. The molecule has 2 aromatic carbocycles. The second-order valence-corrected chi connectivity index (χ2v) is 8.78. The molecule has 8 heteroatoms. The number of fused-ring (bicyclic) bond motifs is 1. The number of benzene rings is 2. The van der Waals surface area contributed by atoms with Gasteiger partial charge in [0.05, 0.1) is 19.3 Å². The summed E-state index contributed by atoms with van der Waals surface area (Å²) in [4.78, 5) is 27.2. The zero-order valence-corrected chi connectivity index (χ0v) is 22.0. The van der Waals surface area contributed by atoms with Gasteiger partial charge >= 0.3 is 0 Å². The van der Waals surface area contributed by atoms with Crippen molar-refractivity contribution in [1.82, 2.24) is 20.5 Å². The first-order valence-corrected chi connectivity index (χ1v) is 12.4. The van der Waals surface area contributed by atoms with Crippen molar-refractivity contribution >= 4 is 23.2 Å². The number of methoxy groups -OCH3 is 1. The summed E-state index contributed by atoms with van der Waals surface area (Å²) in [5, 5.41) is 6.09. The highest BCUT2D eigenvalue weighted by molar-refractivity contribution is 5.98. The Bertz CT molecular complexity index is 1030. The van der Waals surface area contributed by atoms with Gasteiger partial charge in [-0.05, 0) is 57.1 Å². The summed E-state index contributed by atoms with van der Waals surface area (Å²) in [5.74, 6) is 0.538. The van der Waals surface area contributed by atoms with Gasteiger partial charge in [-0.3, -0.25) is 9.59 Å². The molecule has 1 fully saturated rings. The van der Waals surface area contributed by atoms with E-state index in [9.17, 15) is 9.59 Å². The van der Waals surface area contributed by atoms with Crippen LogP contribution in [-0.4, -0.2) is 74.7 Å². The number of aromatic nitrogens is 1. The third-order valence-corrected chi connectivity index (χ3v) is 5.56. The van der Waals surface area contributed by atoms with Crippen molar-refractivity contribution in [3.05, 3.63) is 65.9 Å². The average molecular weight is 497 g/mol. The number of aromatic amines is 1. The minimum atomic E-state index is -0.206. The molecule has 3 aromatic rings. The summed E-state index contributed by atoms with van der Waals surface area (Å²) in [6, 6.07) is 17.8. The Morgan fingerprint density at radius 1 is 1.11 bits per heavy atom. The molecule has 1 aliphatic rings. The maximum atomic E-state index is 11.8. The maximum absolute atomic E-state index is 11.8. The molecular weight excluding hydrogens is 456 g/mol. The van der Waals surface area contributed by atoms with Crippen LogP contribution in [0.1, 0.15) is 36.8 Å². The number of H-pyrrole nitrogens is 1. The van der Waals surface area contributed by atoms with E-state index in [0.717, 1.165) is 36.2 Å². The molecular formula is C28H40N4O4. The third kappa shape index (κ3) is 10.1. The lowest BCUT2D eigenvalue weighted by Gasteiger charge is -2.32. The maximum Gasteiger partial charge on any atom is 0.267 e. The number of aryl methyl sites for hydroxylation is 1. The van der Waals surface area contributed by atoms with Crippen molar-refractivity contribution in [2.75, 3.05) is 40.3 Å². The van der Waals surface area contributed by atoms with Gasteiger partial charge < -0.3 is 30.0 Å². The van der Waals surface area contributed by atoms with Gasteiger partial charge in [0.15, 0.2) is 0 Å². The van der Waals surface area contributed by atoms with Crippen LogP contribution < -0.4 is 15.4 Å². The molecule has 8 nitrogen and oxygen atoms in total. The number of likely N-dealkylation sites (N-methyl/N-ethyl adjacent to an activating group) is 1. The molecule has 2 unspecified atom stereocenters. The van der Waals surface area contributed by atoms with E-state index < -0.39 is 0 Å². The summed E-state index contributed by atoms with van der Waals surface area (Å²) < 4.78 is 10.6. The number of nitrogens with one attached hydrogen (secondary N) is 3. The topological polar surface area (TPSA) is 95.7 Å². The lowest BCUT2D eigenvalue weighted by Crippen LogP contribution is -2.42. The molecule has 1 saturated heterocycles. The van der Waals surface area contributed by atoms with Crippen LogP contribution in [0, 0.1) is 0 Å². The van der Waals surface area contributed by atoms with Crippen LogP contribution in [0.4, 0.5) is 0 Å². The van der Waals surface area contributed by atoms with Crippen molar-refractivity contribution in [1.29, 1.82) is 0 Å². The molecule has 1 aliphatic heterocycles. The molecule has 1 aromatic heterocycles. The average Bonchev–Trinajstić information content (AvgIpc) is 3.30. The minimum Gasteiger partial charge on any atom is -0.497 e. The van der Waals surface area contributed by atoms with Crippen LogP contribution in [0.15, 0.2) is 54.6 Å². The van der Waals surface area contributed by atoms with Gasteiger partial charge in [0.1, 0.15) is 11.4 Å². The Labute approximate surface area is 214 Å². The van der Waals surface area contributed by atoms with Crippen LogP contribution in [0.25, 0.3) is 10.9 Å². The number of carbonyl (C=O) groups is 2. The first-order valence-electron chi connectivity index (χ1n) is 12.4. The summed E-state index contributed by atoms with van der Waals surface area (Å²) in [5.41, 5.74) is 2.76. The Kier molecular flexibility index (Phi) is 12.5. The lowest BCUT2D eigenvalue weighted by molar-refractivity contribution is -0.109. The van der Waals surface area contributed by atoms with Gasteiger partial charge in [0.25, 0.3) is 5.91 Å². The van der Waals surface area contributed by atoms with Crippen molar-refractivity contribution in [2.24, 2.45) is 0 Å². The Morgan fingerprint density at radius 3 is 2.36 bits per heavy atom. The minimum absolute atomic E-state index is 0.206. The van der Waals surface area contributed by atoms with Gasteiger partial charge in [-0.25, -0.2) is 0 Å². The second-order valence-electron chi connectivity index (χ2n) is 8.78. The van der Waals surface area contributed by atoms with Crippen molar-refractivity contribution in [2.45, 2.75) is 39.4 Å². The van der Waals surface area contributed by atoms with Crippen LogP contribution in [0.5, 0.6) is 5.75 Å². The largest absolute Gasteiger partial charge is 0.497 e. The van der Waals surface area contributed by atoms with E-state index in [-0.39, 0.29) is 5.91 Å². The zero-order chi connectivity index (χ0) is 26.3. The monoisotopic (exact) mass is 496 g/mol. The van der Waals surface area contributed by atoms with Gasteiger partial charge in [-0.1, -0.05) is 37.3 Å². The molecule has 0 saturated carbocycles. The number of ether oxygens (including phenoxy) is 2. The van der Waals surface area contributed by atoms with E-state index in [2.05, 4.69) is 72.6 Å². The molecule has 0 spiro atoms. The summed E-state index contributed by atoms with van der Waals surface area (Å²) >= 11 is 0. The lowest BCUT2D eigenvalue weighted by atomic mass is 10.2. The Hall–Kier alpha value is -3.36. The fraction of sp³-hybridized carbons (Fsp3) is 0.429. The van der Waals surface area contributed by atoms with Crippen molar-refractivity contribution < 1.29 is 19.1 Å². The molecule has 2 heterocycles. The highest BCUT2D eigenvalue weighted by atomic mass is 16.5. The van der Waals surface area contributed by atoms with E-state index in [1.807, 2.05) is 24.3 Å². The molecule has 2 atom stereocenters. The third-order valence-electron chi connectivity index (χ3n) is 5.56. The first-order chi connectivity index (χ1) is 17.4. The van der Waals surface area contributed by atoms with Crippen LogP contribution in [0.2, 0.25) is 0 Å². The fourth-order valence-electron chi connectivity index (χ4n) is 3.91. The van der Waals surface area contributed by atoms with Gasteiger partial charge in [0.2, 0.25) is 6.41 Å². The predicted molar refractivity (Wildman–Crippen MR) is 145 cm³/mol. The number of morpholine rings is 1. The van der Waals surface area contributed by atoms with Crippen molar-refractivity contribution in [3.8, 4) is 5.75 Å². The number of hydrogen-bond donors (Lipinski definition) is 3. The number of hydrogen-bond acceptors (Lipinski definition) is 5. The highest BCUT2D eigenvalue weighted by Crippen LogP contribution is 2.21. The standard InChI is InChI=1S/C13H15N3O3.C8H10.C7H15NO/c1-19-10-2-3-11-9(6-10)7-12(16-11)13(18)15-5-4-14-8-17;1-2-8-6-4-3-5-7-8;1-6-4-8(3)5-7(2)9-6/h2-3,6-8,16H,4-5H2,1H3,(H,14,17)(H,15,18);3-7H,2H2,1H3;6-7H,4-5H2,1-3H3. The second kappa shape index (κ2) is 15.6. The van der Waals surface area contributed by atoms with Crippen LogP contribution in [0.3, 0.4) is 0 Å². The fourth-order valence-corrected chi connectivity index (χ4v) is 3.91. The van der Waals surface area contributed by atoms with E-state index in [1.54, 1.807) is 13.2 Å². The van der Waals surface area contributed by atoms with E-state index >= 15 is 0 Å². The SMILES string of the molecule is CC1CN(C)CC(C)O1.CCc1ccccc1.COc1ccc2[nH]c(C(=O)NCCNC=O)cc2c1. The molecule has 196 valence electrons. The summed E-state index contributed by atoms with van der Waals surface area (Å²) in [6.45, 7) is 9.34. The molecule has 4 rings (SSSR count). The van der Waals surface area contributed by atoms with Gasteiger partial charge in [0, 0.05) is 37.1 Å². The van der Waals surface area contributed by atoms with E-state index in [0.29, 0.717) is 37.4 Å². The first kappa shape index (κ1) is 28.9. The summed E-state index contributed by atoms with van der Waals surface area (Å²) in [6.07, 6.45) is 2.57. The number of rotatable bonds is 7. The molecule has 36 heavy (non-hydrogen) atoms. The van der Waals surface area contributed by atoms with Crippen LogP contribution in [-0.2, 0) is 16.0 Å². The highest BCUT2D eigenvalue weighted by Gasteiger charge is 2.18. The number of amides is 2. The molecule has 2 amide bonds. The molecule has 0 radical (unpaired) electrons. The molecule has 0 bridgehead atoms. The van der Waals surface area contributed by atoms with Crippen molar-refractivity contribution in [3.63, 3.8) is 0 Å². The predicted octanol–water partition coefficient (Wildman–Crippen LogP) is 3.63. The number of nitrogens with zero attached hydrogens (tertiary/aromatic N) is 1. The van der Waals surface area contributed by atoms with Gasteiger partial charge in [-0.2, -0.15) is 0 Å². The summed E-state index contributed by atoms with van der Waals surface area (Å²) in [7, 11) is 3.73. The van der Waals surface area contributed by atoms with E-state index in [1.165, 1.54) is 5.56 Å².